The smallest absolute Gasteiger partial charge is 0.140 e. The Morgan fingerprint density at radius 3 is 2.61 bits per heavy atom. The summed E-state index contributed by atoms with van der Waals surface area (Å²) in [4.78, 5) is 1.03. The van der Waals surface area contributed by atoms with Gasteiger partial charge in [-0.3, -0.25) is 0 Å². The summed E-state index contributed by atoms with van der Waals surface area (Å²) in [5, 5.41) is 0.937. The van der Waals surface area contributed by atoms with Crippen LogP contribution in [0.2, 0.25) is 0 Å². The van der Waals surface area contributed by atoms with Gasteiger partial charge in [0.15, 0.2) is 0 Å². The van der Waals surface area contributed by atoms with Crippen LogP contribution in [0.3, 0.4) is 0 Å². The van der Waals surface area contributed by atoms with E-state index < -0.39 is 0 Å². The van der Waals surface area contributed by atoms with Crippen LogP contribution >= 0.6 is 11.3 Å². The first-order valence-corrected chi connectivity index (χ1v) is 6.49. The van der Waals surface area contributed by atoms with Crippen LogP contribution in [0.15, 0.2) is 54.6 Å². The second-order valence-electron chi connectivity index (χ2n) is 3.97. The molecule has 0 atom stereocenters. The largest absolute Gasteiger partial charge is 0.488 e. The predicted molar refractivity (Wildman–Crippen MR) is 72.6 cm³/mol. The molecule has 1 heterocycles. The van der Waals surface area contributed by atoms with Gasteiger partial charge in [-0.15, -0.1) is 11.3 Å². The molecule has 0 aliphatic carbocycles. The number of hydrogen-bond acceptors (Lipinski definition) is 2. The second kappa shape index (κ2) is 4.78. The van der Waals surface area contributed by atoms with E-state index in [9.17, 15) is 4.39 Å². The third kappa shape index (κ3) is 2.22. The van der Waals surface area contributed by atoms with Gasteiger partial charge < -0.3 is 4.74 Å². The van der Waals surface area contributed by atoms with E-state index in [1.807, 2.05) is 42.5 Å². The number of hydrogen-bond donors (Lipinski definition) is 0. The van der Waals surface area contributed by atoms with E-state index in [2.05, 4.69) is 0 Å². The lowest BCUT2D eigenvalue weighted by molar-refractivity contribution is 0.310. The Morgan fingerprint density at radius 1 is 1.00 bits per heavy atom. The first-order chi connectivity index (χ1) is 8.83. The molecule has 0 radical (unpaired) electrons. The highest BCUT2D eigenvalue weighted by atomic mass is 32.1. The van der Waals surface area contributed by atoms with Crippen LogP contribution in [0.4, 0.5) is 4.39 Å². The minimum Gasteiger partial charge on any atom is -0.488 e. The molecule has 3 rings (SSSR count). The zero-order valence-electron chi connectivity index (χ0n) is 9.60. The molecule has 0 spiro atoms. The van der Waals surface area contributed by atoms with Gasteiger partial charge in [-0.05, 0) is 29.7 Å². The van der Waals surface area contributed by atoms with Crippen LogP contribution in [0.25, 0.3) is 10.1 Å². The molecule has 0 fully saturated rings. The average molecular weight is 258 g/mol. The van der Waals surface area contributed by atoms with Crippen molar-refractivity contribution in [3.8, 4) is 5.75 Å². The fourth-order valence-electron chi connectivity index (χ4n) is 1.82. The Balaban J connectivity index is 1.81. The zero-order valence-corrected chi connectivity index (χ0v) is 10.4. The minimum absolute atomic E-state index is 0.163. The van der Waals surface area contributed by atoms with E-state index in [4.69, 9.17) is 4.74 Å². The summed E-state index contributed by atoms with van der Waals surface area (Å²) in [6.45, 7) is 0.475. The predicted octanol–water partition coefficient (Wildman–Crippen LogP) is 4.62. The van der Waals surface area contributed by atoms with Crippen molar-refractivity contribution >= 4 is 21.4 Å². The highest BCUT2D eigenvalue weighted by Gasteiger charge is 2.06. The van der Waals surface area contributed by atoms with Crippen LogP contribution in [0.5, 0.6) is 5.75 Å². The molecular formula is C15H11FOS. The van der Waals surface area contributed by atoms with Crippen molar-refractivity contribution in [1.82, 2.24) is 0 Å². The van der Waals surface area contributed by atoms with Gasteiger partial charge in [-0.1, -0.05) is 30.3 Å². The quantitative estimate of drug-likeness (QED) is 0.666. The van der Waals surface area contributed by atoms with Crippen molar-refractivity contribution in [2.45, 2.75) is 6.61 Å². The van der Waals surface area contributed by atoms with Crippen LogP contribution in [0.1, 0.15) is 4.88 Å². The third-order valence-corrected chi connectivity index (χ3v) is 3.80. The van der Waals surface area contributed by atoms with E-state index in [0.29, 0.717) is 11.3 Å². The van der Waals surface area contributed by atoms with Gasteiger partial charge in [-0.25, -0.2) is 4.39 Å². The topological polar surface area (TPSA) is 9.23 Å². The monoisotopic (exact) mass is 258 g/mol. The molecule has 3 heteroatoms. The minimum atomic E-state index is -0.163. The number of benzene rings is 2. The van der Waals surface area contributed by atoms with E-state index in [0.717, 1.165) is 16.0 Å². The fourth-order valence-corrected chi connectivity index (χ4v) is 2.80. The van der Waals surface area contributed by atoms with Gasteiger partial charge >= 0.3 is 0 Å². The van der Waals surface area contributed by atoms with Crippen molar-refractivity contribution < 1.29 is 9.13 Å². The lowest BCUT2D eigenvalue weighted by Crippen LogP contribution is -1.91. The van der Waals surface area contributed by atoms with Gasteiger partial charge in [0.25, 0.3) is 0 Å². The zero-order chi connectivity index (χ0) is 12.4. The molecule has 0 saturated heterocycles. The molecular weight excluding hydrogens is 247 g/mol. The Labute approximate surface area is 108 Å². The Kier molecular flexibility index (Phi) is 2.99. The Hall–Kier alpha value is -1.87. The maximum atomic E-state index is 13.5. The molecule has 0 amide bonds. The molecule has 0 aliphatic rings. The molecule has 90 valence electrons. The summed E-state index contributed by atoms with van der Waals surface area (Å²) in [6, 6.07) is 16.7. The van der Waals surface area contributed by atoms with Gasteiger partial charge in [-0.2, -0.15) is 0 Å². The van der Waals surface area contributed by atoms with E-state index in [-0.39, 0.29) is 5.82 Å². The normalized spacial score (nSPS) is 10.7. The first kappa shape index (κ1) is 11.2. The number of rotatable bonds is 3. The maximum Gasteiger partial charge on any atom is 0.140 e. The van der Waals surface area contributed by atoms with Crippen molar-refractivity contribution in [2.24, 2.45) is 0 Å². The molecule has 1 nitrogen and oxygen atoms in total. The van der Waals surface area contributed by atoms with Crippen LogP contribution in [-0.4, -0.2) is 0 Å². The summed E-state index contributed by atoms with van der Waals surface area (Å²) in [7, 11) is 0. The summed E-state index contributed by atoms with van der Waals surface area (Å²) in [6.07, 6.45) is 0. The first-order valence-electron chi connectivity index (χ1n) is 5.68. The average Bonchev–Trinajstić information content (AvgIpc) is 2.82. The Bertz CT molecular complexity index is 661. The van der Waals surface area contributed by atoms with Crippen LogP contribution in [-0.2, 0) is 6.61 Å². The lowest BCUT2D eigenvalue weighted by Gasteiger charge is -2.02. The van der Waals surface area contributed by atoms with Crippen molar-refractivity contribution in [3.63, 3.8) is 0 Å². The highest BCUT2D eigenvalue weighted by molar-refractivity contribution is 7.19. The van der Waals surface area contributed by atoms with Crippen molar-refractivity contribution in [3.05, 3.63) is 65.3 Å². The summed E-state index contributed by atoms with van der Waals surface area (Å²) < 4.78 is 19.9. The number of ether oxygens (including phenoxy) is 1. The molecule has 1 aromatic heterocycles. The molecule has 2 aromatic carbocycles. The fraction of sp³-hybridized carbons (Fsp3) is 0.0667. The summed E-state index contributed by atoms with van der Waals surface area (Å²) in [5.41, 5.74) is 0. The van der Waals surface area contributed by atoms with Gasteiger partial charge in [0, 0.05) is 4.88 Å². The molecule has 0 saturated carbocycles. The summed E-state index contributed by atoms with van der Waals surface area (Å²) >= 11 is 1.44. The summed E-state index contributed by atoms with van der Waals surface area (Å²) in [5.74, 6) is 0.666. The van der Waals surface area contributed by atoms with E-state index >= 15 is 0 Å². The molecule has 0 aliphatic heterocycles. The third-order valence-electron chi connectivity index (χ3n) is 2.67. The molecule has 0 unspecified atom stereocenters. The van der Waals surface area contributed by atoms with E-state index in [1.165, 1.54) is 17.4 Å². The Morgan fingerprint density at radius 2 is 1.83 bits per heavy atom. The number of fused-ring (bicyclic) bond motifs is 1. The maximum absolute atomic E-state index is 13.5. The van der Waals surface area contributed by atoms with E-state index in [1.54, 1.807) is 6.07 Å². The molecule has 3 aromatic rings. The van der Waals surface area contributed by atoms with Gasteiger partial charge in [0.1, 0.15) is 18.2 Å². The van der Waals surface area contributed by atoms with Crippen LogP contribution in [0, 0.1) is 5.82 Å². The molecule has 18 heavy (non-hydrogen) atoms. The number of para-hydroxylation sites is 1. The number of halogens is 1. The second-order valence-corrected chi connectivity index (χ2v) is 5.11. The van der Waals surface area contributed by atoms with Gasteiger partial charge in [0.05, 0.1) is 4.70 Å². The lowest BCUT2D eigenvalue weighted by atomic mass is 10.2. The highest BCUT2D eigenvalue weighted by Crippen LogP contribution is 2.28. The SMILES string of the molecule is Fc1cccc2cc(COc3ccccc3)sc12. The molecule has 0 bridgehead atoms. The number of thiophene rings is 1. The standard InChI is InChI=1S/C15H11FOS/c16-14-8-4-5-11-9-13(18-15(11)14)10-17-12-6-2-1-3-7-12/h1-9H,10H2. The van der Waals surface area contributed by atoms with Crippen LogP contribution < -0.4 is 4.74 Å². The van der Waals surface area contributed by atoms with Crippen molar-refractivity contribution in [1.29, 1.82) is 0 Å². The van der Waals surface area contributed by atoms with Crippen molar-refractivity contribution in [2.75, 3.05) is 0 Å². The van der Waals surface area contributed by atoms with Gasteiger partial charge in [0.2, 0.25) is 0 Å². The molecule has 0 N–H and O–H groups in total.